The van der Waals surface area contributed by atoms with Gasteiger partial charge in [0.15, 0.2) is 0 Å². The Balaban J connectivity index is 1.75. The summed E-state index contributed by atoms with van der Waals surface area (Å²) in [6.07, 6.45) is 4.46. The molecule has 1 amide bonds. The summed E-state index contributed by atoms with van der Waals surface area (Å²) < 4.78 is 27.2. The zero-order valence-corrected chi connectivity index (χ0v) is 15.9. The molecule has 0 unspecified atom stereocenters. The molecule has 1 aliphatic heterocycles. The van der Waals surface area contributed by atoms with E-state index in [2.05, 4.69) is 10.3 Å². The van der Waals surface area contributed by atoms with E-state index in [-0.39, 0.29) is 17.3 Å². The molecule has 1 atom stereocenters. The lowest BCUT2D eigenvalue weighted by Crippen LogP contribution is -2.43. The van der Waals surface area contributed by atoms with Gasteiger partial charge < -0.3 is 5.32 Å². The Morgan fingerprint density at radius 2 is 2.15 bits per heavy atom. The smallest absolute Gasteiger partial charge is 0.243 e. The third kappa shape index (κ3) is 4.06. The molecule has 2 heterocycles. The number of nitrogens with one attached hydrogen (secondary N) is 1. The van der Waals surface area contributed by atoms with Crippen molar-refractivity contribution in [3.05, 3.63) is 53.3 Å². The largest absolute Gasteiger partial charge is 0.324 e. The monoisotopic (exact) mass is 393 g/mol. The number of anilines is 1. The van der Waals surface area contributed by atoms with E-state index in [0.717, 1.165) is 5.56 Å². The molecular formula is C18H20ClN3O3S. The van der Waals surface area contributed by atoms with Crippen LogP contribution in [0, 0.1) is 12.8 Å². The number of sulfonamides is 1. The maximum atomic E-state index is 12.9. The van der Waals surface area contributed by atoms with Crippen LogP contribution in [-0.2, 0) is 14.8 Å². The van der Waals surface area contributed by atoms with Crippen LogP contribution >= 0.6 is 11.6 Å². The quantitative estimate of drug-likeness (QED) is 0.865. The number of piperidine rings is 1. The highest BCUT2D eigenvalue weighted by atomic mass is 35.5. The van der Waals surface area contributed by atoms with Gasteiger partial charge >= 0.3 is 0 Å². The molecule has 6 nitrogen and oxygen atoms in total. The number of hydrogen-bond acceptors (Lipinski definition) is 4. The molecule has 138 valence electrons. The number of aryl methyl sites for hydroxylation is 1. The number of amides is 1. The minimum Gasteiger partial charge on any atom is -0.324 e. The van der Waals surface area contributed by atoms with Gasteiger partial charge in [0.1, 0.15) is 0 Å². The summed E-state index contributed by atoms with van der Waals surface area (Å²) in [5.74, 6) is -0.598. The number of carbonyl (C=O) groups excluding carboxylic acids is 1. The number of halogens is 1. The molecule has 0 spiro atoms. The molecule has 1 aromatic heterocycles. The highest BCUT2D eigenvalue weighted by Crippen LogP contribution is 2.27. The Labute approximate surface area is 158 Å². The fourth-order valence-corrected chi connectivity index (χ4v) is 4.73. The van der Waals surface area contributed by atoms with Crippen molar-refractivity contribution in [1.82, 2.24) is 9.29 Å². The Morgan fingerprint density at radius 1 is 1.35 bits per heavy atom. The number of aromatic nitrogens is 1. The molecular weight excluding hydrogens is 374 g/mol. The first-order valence-electron chi connectivity index (χ1n) is 8.35. The van der Waals surface area contributed by atoms with E-state index < -0.39 is 15.9 Å². The van der Waals surface area contributed by atoms with Crippen molar-refractivity contribution in [3.63, 3.8) is 0 Å². The minimum absolute atomic E-state index is 0.153. The summed E-state index contributed by atoms with van der Waals surface area (Å²) in [5.41, 5.74) is 1.42. The second-order valence-electron chi connectivity index (χ2n) is 6.34. The first-order valence-corrected chi connectivity index (χ1v) is 10.2. The molecule has 1 N–H and O–H groups in total. The van der Waals surface area contributed by atoms with Crippen LogP contribution in [0.15, 0.2) is 47.6 Å². The van der Waals surface area contributed by atoms with Gasteiger partial charge in [0.05, 0.1) is 22.7 Å². The predicted molar refractivity (Wildman–Crippen MR) is 101 cm³/mol. The van der Waals surface area contributed by atoms with E-state index in [0.29, 0.717) is 30.1 Å². The zero-order chi connectivity index (χ0) is 18.7. The number of pyridine rings is 1. The van der Waals surface area contributed by atoms with Crippen molar-refractivity contribution < 1.29 is 13.2 Å². The number of benzene rings is 1. The molecule has 3 rings (SSSR count). The number of rotatable bonds is 4. The zero-order valence-electron chi connectivity index (χ0n) is 14.4. The number of nitrogens with zero attached hydrogens (tertiary/aromatic N) is 2. The number of carbonyl (C=O) groups is 1. The van der Waals surface area contributed by atoms with Crippen LogP contribution in [0.1, 0.15) is 18.4 Å². The van der Waals surface area contributed by atoms with Crippen molar-refractivity contribution >= 4 is 33.2 Å². The maximum absolute atomic E-state index is 12.9. The lowest BCUT2D eigenvalue weighted by atomic mass is 9.99. The number of hydrogen-bond donors (Lipinski definition) is 1. The van der Waals surface area contributed by atoms with Crippen LogP contribution in [0.3, 0.4) is 0 Å². The van der Waals surface area contributed by atoms with E-state index in [1.165, 1.54) is 10.4 Å². The van der Waals surface area contributed by atoms with Crippen LogP contribution in [0.25, 0.3) is 0 Å². The molecule has 0 radical (unpaired) electrons. The van der Waals surface area contributed by atoms with Crippen LogP contribution < -0.4 is 5.32 Å². The summed E-state index contributed by atoms with van der Waals surface area (Å²) >= 11 is 6.08. The molecule has 2 aromatic rings. The van der Waals surface area contributed by atoms with Crippen molar-refractivity contribution in [1.29, 1.82) is 0 Å². The fourth-order valence-electron chi connectivity index (χ4n) is 2.94. The molecule has 1 aromatic carbocycles. The Hall–Kier alpha value is -1.96. The molecule has 8 heteroatoms. The van der Waals surface area contributed by atoms with Crippen LogP contribution in [0.5, 0.6) is 0 Å². The lowest BCUT2D eigenvalue weighted by molar-refractivity contribution is -0.120. The van der Waals surface area contributed by atoms with E-state index in [1.807, 2.05) is 6.92 Å². The second-order valence-corrected chi connectivity index (χ2v) is 8.69. The third-order valence-corrected chi connectivity index (χ3v) is 6.73. The standard InChI is InChI=1S/C18H20ClN3O3S/c1-13-6-7-16(10-17(13)19)26(24,25)22-9-3-4-14(12-22)18(23)21-15-5-2-8-20-11-15/h2,5-8,10-11,14H,3-4,9,12H2,1H3,(H,21,23)/t14-/m0/s1. The third-order valence-electron chi connectivity index (χ3n) is 4.47. The molecule has 0 bridgehead atoms. The molecule has 0 aliphatic carbocycles. The van der Waals surface area contributed by atoms with Crippen LogP contribution in [0.2, 0.25) is 5.02 Å². The summed E-state index contributed by atoms with van der Waals surface area (Å²) in [6.45, 7) is 2.36. The van der Waals surface area contributed by atoms with E-state index >= 15 is 0 Å². The molecule has 1 saturated heterocycles. The Bertz CT molecular complexity index is 903. The SMILES string of the molecule is Cc1ccc(S(=O)(=O)N2CCC[C@H](C(=O)Nc3cccnc3)C2)cc1Cl. The van der Waals surface area contributed by atoms with Crippen molar-refractivity contribution in [2.75, 3.05) is 18.4 Å². The van der Waals surface area contributed by atoms with Gasteiger partial charge in [-0.05, 0) is 49.6 Å². The predicted octanol–water partition coefficient (Wildman–Crippen LogP) is 3.08. The van der Waals surface area contributed by atoms with Gasteiger partial charge in [-0.25, -0.2) is 8.42 Å². The average molecular weight is 394 g/mol. The van der Waals surface area contributed by atoms with Gasteiger partial charge in [0, 0.05) is 24.3 Å². The molecule has 0 saturated carbocycles. The molecule has 1 aliphatic rings. The van der Waals surface area contributed by atoms with Gasteiger partial charge in [0.25, 0.3) is 0 Å². The van der Waals surface area contributed by atoms with E-state index in [1.54, 1.807) is 36.7 Å². The van der Waals surface area contributed by atoms with Gasteiger partial charge in [0.2, 0.25) is 15.9 Å². The van der Waals surface area contributed by atoms with Gasteiger partial charge in [-0.2, -0.15) is 4.31 Å². The van der Waals surface area contributed by atoms with Gasteiger partial charge in [-0.1, -0.05) is 17.7 Å². The molecule has 26 heavy (non-hydrogen) atoms. The lowest BCUT2D eigenvalue weighted by Gasteiger charge is -2.31. The van der Waals surface area contributed by atoms with Crippen LogP contribution in [0.4, 0.5) is 5.69 Å². The summed E-state index contributed by atoms with van der Waals surface area (Å²) in [5, 5.41) is 3.21. The highest BCUT2D eigenvalue weighted by Gasteiger charge is 2.33. The normalized spacial score (nSPS) is 18.5. The summed E-state index contributed by atoms with van der Waals surface area (Å²) in [6, 6.07) is 8.18. The van der Waals surface area contributed by atoms with E-state index in [4.69, 9.17) is 11.6 Å². The Kier molecular flexibility index (Phi) is 5.60. The first kappa shape index (κ1) is 18.8. The second kappa shape index (κ2) is 7.73. The Morgan fingerprint density at radius 3 is 2.85 bits per heavy atom. The maximum Gasteiger partial charge on any atom is 0.243 e. The van der Waals surface area contributed by atoms with Gasteiger partial charge in [-0.15, -0.1) is 0 Å². The minimum atomic E-state index is -3.68. The summed E-state index contributed by atoms with van der Waals surface area (Å²) in [7, 11) is -3.68. The topological polar surface area (TPSA) is 79.4 Å². The first-order chi connectivity index (χ1) is 12.4. The highest BCUT2D eigenvalue weighted by molar-refractivity contribution is 7.89. The van der Waals surface area contributed by atoms with Crippen LogP contribution in [-0.4, -0.2) is 36.7 Å². The summed E-state index contributed by atoms with van der Waals surface area (Å²) in [4.78, 5) is 16.6. The van der Waals surface area contributed by atoms with E-state index in [9.17, 15) is 13.2 Å². The molecule has 1 fully saturated rings. The average Bonchev–Trinajstić information content (AvgIpc) is 2.65. The van der Waals surface area contributed by atoms with Crippen molar-refractivity contribution in [3.8, 4) is 0 Å². The fraction of sp³-hybridized carbons (Fsp3) is 0.333. The van der Waals surface area contributed by atoms with Gasteiger partial charge in [-0.3, -0.25) is 9.78 Å². The van der Waals surface area contributed by atoms with Crippen molar-refractivity contribution in [2.45, 2.75) is 24.7 Å². The van der Waals surface area contributed by atoms with Crippen molar-refractivity contribution in [2.24, 2.45) is 5.92 Å².